The van der Waals surface area contributed by atoms with Crippen molar-refractivity contribution in [2.45, 2.75) is 39.0 Å². The highest BCUT2D eigenvalue weighted by Gasteiger charge is 2.44. The normalized spacial score (nSPS) is 15.2. The van der Waals surface area contributed by atoms with Crippen molar-refractivity contribution < 1.29 is 31.9 Å². The largest absolute Gasteiger partial charge is 0.298 e. The summed E-state index contributed by atoms with van der Waals surface area (Å²) in [4.78, 5) is 48.7. The summed E-state index contributed by atoms with van der Waals surface area (Å²) in [6.07, 6.45) is 1.59. The molecule has 4 aromatic rings. The third-order valence-electron chi connectivity index (χ3n) is 8.68. The number of nitrogens with zero attached hydrogens (tertiary/aromatic N) is 4. The lowest BCUT2D eigenvalue weighted by molar-refractivity contribution is 0.105. The molecule has 0 saturated heterocycles. The summed E-state index contributed by atoms with van der Waals surface area (Å²) in [5.41, 5.74) is -0.460. The predicted molar refractivity (Wildman–Crippen MR) is 174 cm³/mol. The summed E-state index contributed by atoms with van der Waals surface area (Å²) in [6, 6.07) is 9.97. The van der Waals surface area contributed by atoms with Gasteiger partial charge in [0, 0.05) is 33.2 Å². The number of aldehydes is 1. The summed E-state index contributed by atoms with van der Waals surface area (Å²) < 4.78 is 55.9. The first-order valence-electron chi connectivity index (χ1n) is 14.4. The van der Waals surface area contributed by atoms with Gasteiger partial charge in [-0.1, -0.05) is 13.8 Å². The second-order valence-corrected chi connectivity index (χ2v) is 13.1. The van der Waals surface area contributed by atoms with Crippen LogP contribution in [0.3, 0.4) is 0 Å². The summed E-state index contributed by atoms with van der Waals surface area (Å²) >= 11 is 2.54. The monoisotopic (exact) mass is 684 g/mol. The van der Waals surface area contributed by atoms with E-state index in [0.29, 0.717) is 35.0 Å². The molecular formula is C35H20F4N4O3S2. The number of hydrogen-bond acceptors (Lipinski definition) is 9. The van der Waals surface area contributed by atoms with Gasteiger partial charge in [-0.15, -0.1) is 22.7 Å². The summed E-state index contributed by atoms with van der Waals surface area (Å²) in [7, 11) is 0. The van der Waals surface area contributed by atoms with Crippen LogP contribution in [-0.2, 0) is 5.41 Å². The van der Waals surface area contributed by atoms with Crippen molar-refractivity contribution in [1.29, 1.82) is 10.5 Å². The molecule has 0 bridgehead atoms. The minimum atomic E-state index is -1.27. The predicted octanol–water partition coefficient (Wildman–Crippen LogP) is 9.01. The molecule has 0 amide bonds. The van der Waals surface area contributed by atoms with Crippen LogP contribution in [0.15, 0.2) is 52.0 Å². The van der Waals surface area contributed by atoms with Crippen LogP contribution in [-0.4, -0.2) is 29.3 Å². The van der Waals surface area contributed by atoms with Gasteiger partial charge in [0.05, 0.1) is 15.5 Å². The van der Waals surface area contributed by atoms with E-state index >= 15 is 0 Å². The molecule has 2 aliphatic carbocycles. The van der Waals surface area contributed by atoms with Gasteiger partial charge in [-0.2, -0.15) is 10.5 Å². The zero-order chi connectivity index (χ0) is 34.7. The molecule has 6 rings (SSSR count). The maximum Gasteiger partial charge on any atom is 0.212 e. The SMILES string of the molecule is CCC1(CC)c2cc(N=C(C)C(=O)c3cc(F)c(F)cc3C=O)sc2-c2sc(N=C3C(=O)c4cc(F)c(F)cc4C3=C(C#N)C#N)cc21. The summed E-state index contributed by atoms with van der Waals surface area (Å²) in [6.45, 7) is 5.44. The smallest absolute Gasteiger partial charge is 0.212 e. The first kappa shape index (κ1) is 32.6. The van der Waals surface area contributed by atoms with E-state index in [-0.39, 0.29) is 45.5 Å². The maximum atomic E-state index is 14.2. The fourth-order valence-corrected chi connectivity index (χ4v) is 8.73. The number of nitriles is 2. The van der Waals surface area contributed by atoms with Crippen LogP contribution in [0, 0.1) is 45.9 Å². The van der Waals surface area contributed by atoms with Gasteiger partial charge >= 0.3 is 0 Å². The standard InChI is InChI=1S/C35H20F4N4O3S2/c1-4-35(5-2)21-10-27(42-15(3)31(45)18-7-24(37)23(36)6-16(18)14-44)47-33(21)34-22(35)11-28(48-34)43-30-29(17(12-40)13-41)19-8-25(38)26(39)9-20(19)32(30)46/h6-11,14H,4-5H2,1-3H3. The Hall–Kier alpha value is -5.37. The van der Waals surface area contributed by atoms with Gasteiger partial charge in [0.2, 0.25) is 11.6 Å². The molecule has 0 aliphatic heterocycles. The minimum Gasteiger partial charge on any atom is -0.298 e. The van der Waals surface area contributed by atoms with E-state index in [1.165, 1.54) is 29.6 Å². The fourth-order valence-electron chi connectivity index (χ4n) is 6.26. The lowest BCUT2D eigenvalue weighted by Crippen LogP contribution is -2.22. The third-order valence-corrected chi connectivity index (χ3v) is 10.9. The Labute approximate surface area is 278 Å². The maximum absolute atomic E-state index is 14.2. The van der Waals surface area contributed by atoms with Gasteiger partial charge in [-0.05, 0) is 67.3 Å². The number of Topliss-reactive ketones (excluding diaryl/α,β-unsaturated/α-hetero) is 2. The molecular weight excluding hydrogens is 665 g/mol. The third kappa shape index (κ3) is 4.86. The molecule has 0 saturated carbocycles. The van der Waals surface area contributed by atoms with Crippen molar-refractivity contribution in [3.8, 4) is 21.9 Å². The lowest BCUT2D eigenvalue weighted by Gasteiger charge is -2.27. The lowest BCUT2D eigenvalue weighted by atomic mass is 9.75. The van der Waals surface area contributed by atoms with Crippen molar-refractivity contribution in [3.05, 3.63) is 98.6 Å². The topological polar surface area (TPSA) is 124 Å². The molecule has 0 atom stereocenters. The van der Waals surface area contributed by atoms with Crippen molar-refractivity contribution in [3.63, 3.8) is 0 Å². The average molecular weight is 685 g/mol. The van der Waals surface area contributed by atoms with Crippen molar-refractivity contribution in [1.82, 2.24) is 0 Å². The fraction of sp³-hybridized carbons (Fsp3) is 0.171. The average Bonchev–Trinajstić information content (AvgIpc) is 3.80. The Morgan fingerprint density at radius 3 is 1.98 bits per heavy atom. The van der Waals surface area contributed by atoms with Crippen LogP contribution < -0.4 is 0 Å². The molecule has 2 aromatic carbocycles. The van der Waals surface area contributed by atoms with E-state index in [0.717, 1.165) is 33.0 Å². The van der Waals surface area contributed by atoms with Crippen LogP contribution in [0.5, 0.6) is 0 Å². The number of aliphatic imine (C=N–C) groups is 2. The minimum absolute atomic E-state index is 0.0431. The van der Waals surface area contributed by atoms with Crippen molar-refractivity contribution in [2.24, 2.45) is 9.98 Å². The Morgan fingerprint density at radius 2 is 1.40 bits per heavy atom. The van der Waals surface area contributed by atoms with E-state index in [9.17, 15) is 42.5 Å². The number of fused-ring (bicyclic) bond motifs is 4. The second kappa shape index (κ2) is 12.0. The van der Waals surface area contributed by atoms with Crippen molar-refractivity contribution >= 4 is 67.5 Å². The van der Waals surface area contributed by atoms with E-state index in [1.54, 1.807) is 12.1 Å². The van der Waals surface area contributed by atoms with Gasteiger partial charge < -0.3 is 0 Å². The number of ketones is 2. The van der Waals surface area contributed by atoms with Crippen LogP contribution in [0.1, 0.15) is 81.4 Å². The number of thiophene rings is 2. The number of hydrogen-bond donors (Lipinski definition) is 0. The zero-order valence-corrected chi connectivity index (χ0v) is 26.9. The van der Waals surface area contributed by atoms with E-state index in [4.69, 9.17) is 0 Å². The summed E-state index contributed by atoms with van der Waals surface area (Å²) in [5.74, 6) is -6.50. The van der Waals surface area contributed by atoms with E-state index in [2.05, 4.69) is 9.98 Å². The summed E-state index contributed by atoms with van der Waals surface area (Å²) in [5, 5.41) is 20.1. The molecule has 238 valence electrons. The highest BCUT2D eigenvalue weighted by molar-refractivity contribution is 7.26. The molecule has 0 unspecified atom stereocenters. The zero-order valence-electron chi connectivity index (χ0n) is 25.3. The number of benzene rings is 2. The molecule has 2 aromatic heterocycles. The van der Waals surface area contributed by atoms with E-state index in [1.807, 2.05) is 26.0 Å². The van der Waals surface area contributed by atoms with Crippen LogP contribution in [0.2, 0.25) is 0 Å². The molecule has 7 nitrogen and oxygen atoms in total. The Kier molecular flexibility index (Phi) is 8.15. The highest BCUT2D eigenvalue weighted by Crippen LogP contribution is 2.61. The molecule has 2 heterocycles. The molecule has 48 heavy (non-hydrogen) atoms. The van der Waals surface area contributed by atoms with Gasteiger partial charge in [0.25, 0.3) is 0 Å². The quantitative estimate of drug-likeness (QED) is 0.0632. The number of rotatable bonds is 7. The van der Waals surface area contributed by atoms with Gasteiger partial charge in [-0.25, -0.2) is 27.5 Å². The molecule has 2 aliphatic rings. The molecule has 0 spiro atoms. The first-order chi connectivity index (χ1) is 22.9. The van der Waals surface area contributed by atoms with Gasteiger partial charge in [-0.3, -0.25) is 14.4 Å². The molecule has 0 N–H and O–H groups in total. The molecule has 0 radical (unpaired) electrons. The highest BCUT2D eigenvalue weighted by atomic mass is 32.1. The number of halogens is 4. The Bertz CT molecular complexity index is 2300. The molecule has 13 heteroatoms. The van der Waals surface area contributed by atoms with Crippen molar-refractivity contribution in [2.75, 3.05) is 0 Å². The van der Waals surface area contributed by atoms with Gasteiger partial charge in [0.15, 0.2) is 29.6 Å². The Morgan fingerprint density at radius 1 is 0.854 bits per heavy atom. The molecule has 0 fully saturated rings. The van der Waals surface area contributed by atoms with Gasteiger partial charge in [0.1, 0.15) is 33.4 Å². The number of allylic oxidation sites excluding steroid dienone is 2. The van der Waals surface area contributed by atoms with Crippen LogP contribution >= 0.6 is 22.7 Å². The van der Waals surface area contributed by atoms with E-state index < -0.39 is 45.8 Å². The number of carbonyl (C=O) groups excluding carboxylic acids is 3. The van der Waals surface area contributed by atoms with Crippen LogP contribution in [0.25, 0.3) is 15.3 Å². The second-order valence-electron chi connectivity index (χ2n) is 11.0. The van der Waals surface area contributed by atoms with Crippen LogP contribution in [0.4, 0.5) is 27.6 Å². The Balaban J connectivity index is 1.45. The number of carbonyl (C=O) groups is 3. The first-order valence-corrected chi connectivity index (χ1v) is 16.1.